The molecule has 0 aliphatic rings. The Balaban J connectivity index is 2.15. The molecule has 0 saturated carbocycles. The number of hydrogen-bond acceptors (Lipinski definition) is 4. The summed E-state index contributed by atoms with van der Waals surface area (Å²) >= 11 is 0. The van der Waals surface area contributed by atoms with Crippen molar-refractivity contribution in [2.45, 2.75) is 6.42 Å². The molecule has 0 bridgehead atoms. The number of nitrogens with zero attached hydrogens (tertiary/aromatic N) is 4. The lowest BCUT2D eigenvalue weighted by atomic mass is 10.3. The van der Waals surface area contributed by atoms with Crippen molar-refractivity contribution in [2.75, 3.05) is 18.5 Å². The Hall–Kier alpha value is -2.11. The molecule has 6 heteroatoms. The second kappa shape index (κ2) is 4.18. The van der Waals surface area contributed by atoms with Gasteiger partial charge in [0.2, 0.25) is 0 Å². The molecule has 0 unspecified atom stereocenters. The Kier molecular flexibility index (Phi) is 2.72. The lowest BCUT2D eigenvalue weighted by Gasteiger charge is -2.17. The standard InChI is InChI=1S/C10H14N6/c1-15(6-3-8(11)12)9-4-7-16-10(14-9)2-5-13-16/h2,4-5,7H,3,6H2,1H3,(H3,11,12). The number of amidine groups is 1. The van der Waals surface area contributed by atoms with Gasteiger partial charge in [-0.25, -0.2) is 9.50 Å². The molecule has 3 N–H and O–H groups in total. The van der Waals surface area contributed by atoms with E-state index in [1.54, 1.807) is 10.7 Å². The monoisotopic (exact) mass is 218 g/mol. The number of aromatic nitrogens is 3. The normalized spacial score (nSPS) is 10.6. The van der Waals surface area contributed by atoms with Crippen molar-refractivity contribution in [3.63, 3.8) is 0 Å². The highest BCUT2D eigenvalue weighted by Crippen LogP contribution is 2.10. The van der Waals surface area contributed by atoms with Crippen molar-refractivity contribution in [1.29, 1.82) is 5.41 Å². The molecule has 2 heterocycles. The maximum absolute atomic E-state index is 7.17. The number of anilines is 1. The van der Waals surface area contributed by atoms with Gasteiger partial charge in [0.25, 0.3) is 0 Å². The van der Waals surface area contributed by atoms with Gasteiger partial charge < -0.3 is 10.6 Å². The van der Waals surface area contributed by atoms with Gasteiger partial charge in [-0.05, 0) is 6.07 Å². The summed E-state index contributed by atoms with van der Waals surface area (Å²) in [4.78, 5) is 6.39. The van der Waals surface area contributed by atoms with E-state index in [4.69, 9.17) is 11.1 Å². The maximum atomic E-state index is 7.17. The van der Waals surface area contributed by atoms with Crippen LogP contribution in [-0.4, -0.2) is 34.0 Å². The number of hydrogen-bond donors (Lipinski definition) is 2. The second-order valence-electron chi connectivity index (χ2n) is 3.62. The molecule has 6 nitrogen and oxygen atoms in total. The van der Waals surface area contributed by atoms with Crippen LogP contribution in [0.2, 0.25) is 0 Å². The predicted octanol–water partition coefficient (Wildman–Crippen LogP) is 0.492. The molecule has 0 aromatic carbocycles. The quantitative estimate of drug-likeness (QED) is 0.578. The van der Waals surface area contributed by atoms with Crippen LogP contribution in [0.4, 0.5) is 5.82 Å². The summed E-state index contributed by atoms with van der Waals surface area (Å²) in [5.74, 6) is 1.05. The first-order valence-electron chi connectivity index (χ1n) is 5.01. The van der Waals surface area contributed by atoms with E-state index in [2.05, 4.69) is 10.1 Å². The van der Waals surface area contributed by atoms with E-state index >= 15 is 0 Å². The largest absolute Gasteiger partial charge is 0.388 e. The van der Waals surface area contributed by atoms with E-state index in [1.807, 2.05) is 30.3 Å². The Labute approximate surface area is 93.2 Å². The second-order valence-corrected chi connectivity index (χ2v) is 3.62. The van der Waals surface area contributed by atoms with Crippen LogP contribution in [0.5, 0.6) is 0 Å². The summed E-state index contributed by atoms with van der Waals surface area (Å²) < 4.78 is 1.71. The zero-order chi connectivity index (χ0) is 11.5. The third-order valence-electron chi connectivity index (χ3n) is 2.35. The van der Waals surface area contributed by atoms with Crippen molar-refractivity contribution >= 4 is 17.3 Å². The Morgan fingerprint density at radius 2 is 2.38 bits per heavy atom. The van der Waals surface area contributed by atoms with Crippen LogP contribution in [0.1, 0.15) is 6.42 Å². The summed E-state index contributed by atoms with van der Waals surface area (Å²) in [5, 5.41) is 11.2. The van der Waals surface area contributed by atoms with Gasteiger partial charge in [-0.3, -0.25) is 5.41 Å². The summed E-state index contributed by atoms with van der Waals surface area (Å²) in [7, 11) is 1.93. The van der Waals surface area contributed by atoms with Crippen LogP contribution in [0.3, 0.4) is 0 Å². The molecule has 2 aromatic rings. The molecule has 0 atom stereocenters. The molecular weight excluding hydrogens is 204 g/mol. The molecule has 0 aliphatic carbocycles. The number of rotatable bonds is 4. The fourth-order valence-electron chi connectivity index (χ4n) is 1.42. The molecule has 0 spiro atoms. The zero-order valence-corrected chi connectivity index (χ0v) is 9.09. The molecule has 84 valence electrons. The summed E-state index contributed by atoms with van der Waals surface area (Å²) in [6.07, 6.45) is 4.12. The summed E-state index contributed by atoms with van der Waals surface area (Å²) in [5.41, 5.74) is 6.13. The SMILES string of the molecule is CN(CCC(=N)N)c1ccn2nccc2n1. The average Bonchev–Trinajstić information content (AvgIpc) is 2.72. The minimum Gasteiger partial charge on any atom is -0.388 e. The van der Waals surface area contributed by atoms with E-state index in [0.717, 1.165) is 11.5 Å². The van der Waals surface area contributed by atoms with Gasteiger partial charge in [-0.1, -0.05) is 0 Å². The van der Waals surface area contributed by atoms with Crippen molar-refractivity contribution < 1.29 is 0 Å². The highest BCUT2D eigenvalue weighted by Gasteiger charge is 2.04. The fourth-order valence-corrected chi connectivity index (χ4v) is 1.42. The molecule has 0 radical (unpaired) electrons. The van der Waals surface area contributed by atoms with Gasteiger partial charge in [0.1, 0.15) is 5.82 Å². The zero-order valence-electron chi connectivity index (χ0n) is 9.09. The topological polar surface area (TPSA) is 83.3 Å². The van der Waals surface area contributed by atoms with Gasteiger partial charge in [0.15, 0.2) is 5.65 Å². The first-order valence-corrected chi connectivity index (χ1v) is 5.01. The van der Waals surface area contributed by atoms with Gasteiger partial charge >= 0.3 is 0 Å². The number of fused-ring (bicyclic) bond motifs is 1. The van der Waals surface area contributed by atoms with Crippen molar-refractivity contribution in [1.82, 2.24) is 14.6 Å². The Morgan fingerprint density at radius 1 is 1.56 bits per heavy atom. The Bertz CT molecular complexity index is 503. The molecule has 0 saturated heterocycles. The van der Waals surface area contributed by atoms with E-state index in [-0.39, 0.29) is 5.84 Å². The van der Waals surface area contributed by atoms with Crippen LogP contribution in [0, 0.1) is 5.41 Å². The maximum Gasteiger partial charge on any atom is 0.157 e. The lowest BCUT2D eigenvalue weighted by molar-refractivity contribution is 0.873. The third kappa shape index (κ3) is 2.10. The number of nitrogens with two attached hydrogens (primary N) is 1. The average molecular weight is 218 g/mol. The van der Waals surface area contributed by atoms with Crippen LogP contribution in [0.15, 0.2) is 24.5 Å². The molecule has 16 heavy (non-hydrogen) atoms. The summed E-state index contributed by atoms with van der Waals surface area (Å²) in [6, 6.07) is 3.74. The van der Waals surface area contributed by atoms with E-state index in [1.165, 1.54) is 0 Å². The van der Waals surface area contributed by atoms with Crippen molar-refractivity contribution in [3.05, 3.63) is 24.5 Å². The first kappa shape index (κ1) is 10.4. The highest BCUT2D eigenvalue weighted by atomic mass is 15.3. The number of nitrogens with one attached hydrogen (secondary N) is 1. The fraction of sp³-hybridized carbons (Fsp3) is 0.300. The minimum atomic E-state index is 0.192. The van der Waals surface area contributed by atoms with Gasteiger partial charge in [-0.15, -0.1) is 0 Å². The predicted molar refractivity (Wildman–Crippen MR) is 62.8 cm³/mol. The Morgan fingerprint density at radius 3 is 3.12 bits per heavy atom. The van der Waals surface area contributed by atoms with E-state index in [0.29, 0.717) is 13.0 Å². The molecule has 0 amide bonds. The smallest absolute Gasteiger partial charge is 0.157 e. The van der Waals surface area contributed by atoms with E-state index < -0.39 is 0 Å². The van der Waals surface area contributed by atoms with Crippen molar-refractivity contribution in [3.8, 4) is 0 Å². The lowest BCUT2D eigenvalue weighted by Crippen LogP contribution is -2.24. The first-order chi connectivity index (χ1) is 7.66. The van der Waals surface area contributed by atoms with Gasteiger partial charge in [-0.2, -0.15) is 5.10 Å². The van der Waals surface area contributed by atoms with Gasteiger partial charge in [0.05, 0.1) is 12.0 Å². The van der Waals surface area contributed by atoms with E-state index in [9.17, 15) is 0 Å². The van der Waals surface area contributed by atoms with Crippen LogP contribution >= 0.6 is 0 Å². The van der Waals surface area contributed by atoms with Gasteiger partial charge in [0, 0.05) is 32.3 Å². The van der Waals surface area contributed by atoms with Crippen LogP contribution < -0.4 is 10.6 Å². The van der Waals surface area contributed by atoms with Crippen LogP contribution in [-0.2, 0) is 0 Å². The molecule has 0 aliphatic heterocycles. The molecule has 2 rings (SSSR count). The van der Waals surface area contributed by atoms with Crippen molar-refractivity contribution in [2.24, 2.45) is 5.73 Å². The molecular formula is C10H14N6. The highest BCUT2D eigenvalue weighted by molar-refractivity contribution is 5.77. The minimum absolute atomic E-state index is 0.192. The third-order valence-corrected chi connectivity index (χ3v) is 2.35. The summed E-state index contributed by atoms with van der Waals surface area (Å²) in [6.45, 7) is 0.687. The molecule has 2 aromatic heterocycles. The van der Waals surface area contributed by atoms with Crippen LogP contribution in [0.25, 0.3) is 5.65 Å². The molecule has 0 fully saturated rings.